The van der Waals surface area contributed by atoms with Crippen LogP contribution in [0.15, 0.2) is 53.5 Å². The van der Waals surface area contributed by atoms with Crippen molar-refractivity contribution >= 4 is 47.2 Å². The van der Waals surface area contributed by atoms with Crippen LogP contribution in [-0.2, 0) is 6.54 Å². The molecule has 5 heteroatoms. The highest BCUT2D eigenvalue weighted by molar-refractivity contribution is 14.0. The van der Waals surface area contributed by atoms with Crippen molar-refractivity contribution in [2.24, 2.45) is 10.7 Å². The van der Waals surface area contributed by atoms with E-state index in [0.29, 0.717) is 17.5 Å². The maximum absolute atomic E-state index is 5.91. The Morgan fingerprint density at radius 1 is 1.20 bits per heavy atom. The van der Waals surface area contributed by atoms with E-state index in [1.807, 2.05) is 55.5 Å². The predicted octanol–water partition coefficient (Wildman–Crippen LogP) is 4.19. The number of rotatable bonds is 3. The minimum absolute atomic E-state index is 0. The monoisotopic (exact) mass is 401 g/mol. The van der Waals surface area contributed by atoms with E-state index in [1.165, 1.54) is 5.56 Å². The van der Waals surface area contributed by atoms with E-state index in [9.17, 15) is 0 Å². The summed E-state index contributed by atoms with van der Waals surface area (Å²) in [6.45, 7) is 2.54. The van der Waals surface area contributed by atoms with E-state index in [0.717, 1.165) is 11.3 Å². The van der Waals surface area contributed by atoms with Crippen molar-refractivity contribution in [3.8, 4) is 0 Å². The summed E-state index contributed by atoms with van der Waals surface area (Å²) in [6, 6.07) is 15.6. The molecule has 3 nitrogen and oxygen atoms in total. The fraction of sp³-hybridized carbons (Fsp3) is 0.133. The molecule has 20 heavy (non-hydrogen) atoms. The van der Waals surface area contributed by atoms with Crippen molar-refractivity contribution in [3.05, 3.63) is 64.7 Å². The number of anilines is 1. The Kier molecular flexibility index (Phi) is 6.81. The van der Waals surface area contributed by atoms with E-state index in [-0.39, 0.29) is 24.0 Å². The largest absolute Gasteiger partial charge is 0.370 e. The Bertz CT molecular complexity index is 599. The molecule has 0 unspecified atom stereocenters. The predicted molar refractivity (Wildman–Crippen MR) is 97.0 cm³/mol. The van der Waals surface area contributed by atoms with Crippen molar-refractivity contribution in [1.82, 2.24) is 0 Å². The Morgan fingerprint density at radius 3 is 2.65 bits per heavy atom. The molecule has 0 heterocycles. The second-order valence-electron chi connectivity index (χ2n) is 4.33. The first-order valence-corrected chi connectivity index (χ1v) is 6.39. The fourth-order valence-electron chi connectivity index (χ4n) is 1.72. The molecule has 3 N–H and O–H groups in total. The summed E-state index contributed by atoms with van der Waals surface area (Å²) in [7, 11) is 0. The zero-order valence-corrected chi connectivity index (χ0v) is 14.2. The van der Waals surface area contributed by atoms with Gasteiger partial charge in [-0.1, -0.05) is 35.9 Å². The lowest BCUT2D eigenvalue weighted by Crippen LogP contribution is -2.22. The highest BCUT2D eigenvalue weighted by Gasteiger charge is 1.96. The van der Waals surface area contributed by atoms with Crippen molar-refractivity contribution < 1.29 is 0 Å². The molecule has 0 fully saturated rings. The molecule has 0 atom stereocenters. The van der Waals surface area contributed by atoms with Gasteiger partial charge in [-0.2, -0.15) is 0 Å². The molecule has 2 aromatic carbocycles. The lowest BCUT2D eigenvalue weighted by molar-refractivity contribution is 1.06. The second kappa shape index (κ2) is 8.11. The van der Waals surface area contributed by atoms with Gasteiger partial charge in [-0.05, 0) is 42.3 Å². The third kappa shape index (κ3) is 5.38. The first-order valence-electron chi connectivity index (χ1n) is 6.01. The van der Waals surface area contributed by atoms with Crippen LogP contribution >= 0.6 is 35.6 Å². The van der Waals surface area contributed by atoms with Gasteiger partial charge in [-0.3, -0.25) is 0 Å². The lowest BCUT2D eigenvalue weighted by atomic mass is 10.2. The van der Waals surface area contributed by atoms with Crippen LogP contribution < -0.4 is 11.1 Å². The highest BCUT2D eigenvalue weighted by atomic mass is 127. The number of halogens is 2. The van der Waals surface area contributed by atoms with Crippen LogP contribution in [0.3, 0.4) is 0 Å². The molecule has 0 aliphatic heterocycles. The van der Waals surface area contributed by atoms with Gasteiger partial charge in [0.2, 0.25) is 0 Å². The first-order chi connectivity index (χ1) is 9.13. The summed E-state index contributed by atoms with van der Waals surface area (Å²) in [5.74, 6) is 0.394. The summed E-state index contributed by atoms with van der Waals surface area (Å²) in [6.07, 6.45) is 0. The van der Waals surface area contributed by atoms with Crippen molar-refractivity contribution in [2.45, 2.75) is 13.5 Å². The van der Waals surface area contributed by atoms with Gasteiger partial charge in [0.15, 0.2) is 5.96 Å². The van der Waals surface area contributed by atoms with Crippen molar-refractivity contribution in [1.29, 1.82) is 0 Å². The van der Waals surface area contributed by atoms with Gasteiger partial charge in [0.05, 0.1) is 6.54 Å². The standard InChI is InChI=1S/C15H16ClN3.HI/c1-11-4-2-7-14(8-11)19-15(17)18-10-12-5-3-6-13(16)9-12;/h2-9H,10H2,1H3,(H3,17,18,19);1H. The number of guanidine groups is 1. The molecule has 0 saturated carbocycles. The second-order valence-corrected chi connectivity index (χ2v) is 4.76. The average molecular weight is 402 g/mol. The molecule has 0 spiro atoms. The van der Waals surface area contributed by atoms with Gasteiger partial charge >= 0.3 is 0 Å². The minimum atomic E-state index is 0. The average Bonchev–Trinajstić information content (AvgIpc) is 2.36. The summed E-state index contributed by atoms with van der Waals surface area (Å²) in [5, 5.41) is 3.77. The van der Waals surface area contributed by atoms with Crippen LogP contribution in [0, 0.1) is 6.92 Å². The van der Waals surface area contributed by atoms with Gasteiger partial charge in [-0.25, -0.2) is 4.99 Å². The maximum atomic E-state index is 5.91. The number of aliphatic imine (C=N–C) groups is 1. The smallest absolute Gasteiger partial charge is 0.193 e. The van der Waals surface area contributed by atoms with E-state index in [2.05, 4.69) is 10.3 Å². The van der Waals surface area contributed by atoms with Crippen LogP contribution in [0.2, 0.25) is 5.02 Å². The zero-order valence-electron chi connectivity index (χ0n) is 11.1. The SMILES string of the molecule is Cc1cccc(NC(N)=NCc2cccc(Cl)c2)c1.I. The Balaban J connectivity index is 0.00000200. The number of hydrogen-bond acceptors (Lipinski definition) is 1. The fourth-order valence-corrected chi connectivity index (χ4v) is 1.93. The maximum Gasteiger partial charge on any atom is 0.193 e. The molecule has 0 radical (unpaired) electrons. The van der Waals surface area contributed by atoms with Crippen LogP contribution in [0.1, 0.15) is 11.1 Å². The number of nitrogens with two attached hydrogens (primary N) is 1. The van der Waals surface area contributed by atoms with Gasteiger partial charge in [0.25, 0.3) is 0 Å². The van der Waals surface area contributed by atoms with Crippen LogP contribution in [0.25, 0.3) is 0 Å². The third-order valence-electron chi connectivity index (χ3n) is 2.61. The van der Waals surface area contributed by atoms with E-state index in [1.54, 1.807) is 0 Å². The van der Waals surface area contributed by atoms with Crippen molar-refractivity contribution in [3.63, 3.8) is 0 Å². The summed E-state index contributed by atoms with van der Waals surface area (Å²) < 4.78 is 0. The summed E-state index contributed by atoms with van der Waals surface area (Å²) in [5.41, 5.74) is 8.99. The number of hydrogen-bond donors (Lipinski definition) is 2. The molecular formula is C15H17ClIN3. The summed E-state index contributed by atoms with van der Waals surface area (Å²) in [4.78, 5) is 4.29. The number of benzene rings is 2. The van der Waals surface area contributed by atoms with Crippen LogP contribution in [-0.4, -0.2) is 5.96 Å². The molecule has 0 bridgehead atoms. The number of nitrogens with one attached hydrogen (secondary N) is 1. The minimum Gasteiger partial charge on any atom is -0.370 e. The molecular weight excluding hydrogens is 385 g/mol. The Labute approximate surface area is 141 Å². The van der Waals surface area contributed by atoms with E-state index in [4.69, 9.17) is 17.3 Å². The normalized spacial score (nSPS) is 10.8. The van der Waals surface area contributed by atoms with Crippen molar-refractivity contribution in [2.75, 3.05) is 5.32 Å². The third-order valence-corrected chi connectivity index (χ3v) is 2.85. The molecule has 2 aromatic rings. The van der Waals surface area contributed by atoms with E-state index < -0.39 is 0 Å². The molecule has 2 rings (SSSR count). The van der Waals surface area contributed by atoms with Gasteiger partial charge in [-0.15, -0.1) is 24.0 Å². The molecule has 0 aliphatic carbocycles. The lowest BCUT2D eigenvalue weighted by Gasteiger charge is -2.06. The van der Waals surface area contributed by atoms with Gasteiger partial charge in [0.1, 0.15) is 0 Å². The summed E-state index contributed by atoms with van der Waals surface area (Å²) >= 11 is 5.91. The van der Waals surface area contributed by atoms with E-state index >= 15 is 0 Å². The van der Waals surface area contributed by atoms with Crippen LogP contribution in [0.4, 0.5) is 5.69 Å². The highest BCUT2D eigenvalue weighted by Crippen LogP contribution is 2.12. The number of aryl methyl sites for hydroxylation is 1. The molecule has 0 aromatic heterocycles. The Hall–Kier alpha value is -1.27. The Morgan fingerprint density at radius 2 is 1.95 bits per heavy atom. The van der Waals surface area contributed by atoms with Crippen LogP contribution in [0.5, 0.6) is 0 Å². The molecule has 0 saturated heterocycles. The molecule has 106 valence electrons. The number of nitrogens with zero attached hydrogens (tertiary/aromatic N) is 1. The zero-order chi connectivity index (χ0) is 13.7. The van der Waals surface area contributed by atoms with Gasteiger partial charge < -0.3 is 11.1 Å². The molecule has 0 aliphatic rings. The topological polar surface area (TPSA) is 50.4 Å². The van der Waals surface area contributed by atoms with Gasteiger partial charge in [0, 0.05) is 10.7 Å². The first kappa shape index (κ1) is 16.8. The quantitative estimate of drug-likeness (QED) is 0.460. The molecule has 0 amide bonds.